The molecule has 0 bridgehead atoms. The van der Waals surface area contributed by atoms with E-state index in [1.54, 1.807) is 6.92 Å². The molecule has 3 heteroatoms. The highest BCUT2D eigenvalue weighted by Gasteiger charge is 2.18. The van der Waals surface area contributed by atoms with Gasteiger partial charge in [0.15, 0.2) is 6.10 Å². The molecule has 0 unspecified atom stereocenters. The zero-order valence-corrected chi connectivity index (χ0v) is 9.81. The van der Waals surface area contributed by atoms with Gasteiger partial charge >= 0.3 is 5.97 Å². The van der Waals surface area contributed by atoms with Gasteiger partial charge < -0.3 is 9.47 Å². The molecule has 0 fully saturated rings. The third-order valence-corrected chi connectivity index (χ3v) is 2.37. The van der Waals surface area contributed by atoms with Gasteiger partial charge in [0.2, 0.25) is 0 Å². The van der Waals surface area contributed by atoms with Crippen molar-refractivity contribution < 1.29 is 14.3 Å². The molecule has 0 spiro atoms. The van der Waals surface area contributed by atoms with E-state index in [2.05, 4.69) is 0 Å². The van der Waals surface area contributed by atoms with Gasteiger partial charge in [-0.3, -0.25) is 0 Å². The number of aryl methyl sites for hydroxylation is 1. The molecule has 0 aliphatic rings. The van der Waals surface area contributed by atoms with Crippen LogP contribution in [0.5, 0.6) is 0 Å². The van der Waals surface area contributed by atoms with Gasteiger partial charge in [0.05, 0.1) is 6.61 Å². The van der Waals surface area contributed by atoms with Crippen LogP contribution in [0.1, 0.15) is 18.9 Å². The average Bonchev–Trinajstić information content (AvgIpc) is 2.31. The number of carbonyl (C=O) groups excluding carboxylic acids is 1. The van der Waals surface area contributed by atoms with Crippen LogP contribution >= 0.6 is 0 Å². The normalized spacial score (nSPS) is 12.1. The van der Waals surface area contributed by atoms with E-state index in [4.69, 9.17) is 9.47 Å². The second-order valence-electron chi connectivity index (χ2n) is 3.50. The Morgan fingerprint density at radius 1 is 1.31 bits per heavy atom. The first-order chi connectivity index (χ1) is 7.77. The maximum Gasteiger partial charge on any atom is 0.335 e. The molecular weight excluding hydrogens is 204 g/mol. The number of hydrogen-bond acceptors (Lipinski definition) is 3. The van der Waals surface area contributed by atoms with Gasteiger partial charge in [-0.15, -0.1) is 0 Å². The molecule has 0 aromatic heterocycles. The molecule has 1 atom stereocenters. The third kappa shape index (κ3) is 4.03. The van der Waals surface area contributed by atoms with E-state index in [0.29, 0.717) is 13.0 Å². The number of ether oxygens (including phenoxy) is 2. The number of methoxy groups -OCH3 is 1. The van der Waals surface area contributed by atoms with Crippen LogP contribution < -0.4 is 0 Å². The quantitative estimate of drug-likeness (QED) is 0.692. The maximum atomic E-state index is 11.4. The van der Waals surface area contributed by atoms with Gasteiger partial charge in [0.1, 0.15) is 0 Å². The van der Waals surface area contributed by atoms with E-state index in [0.717, 1.165) is 6.42 Å². The summed E-state index contributed by atoms with van der Waals surface area (Å²) in [5.41, 5.74) is 1.20. The molecule has 0 saturated heterocycles. The summed E-state index contributed by atoms with van der Waals surface area (Å²) in [6.07, 6.45) is 1.01. The van der Waals surface area contributed by atoms with Crippen LogP contribution in [0.25, 0.3) is 0 Å². The highest BCUT2D eigenvalue weighted by molar-refractivity contribution is 5.74. The molecule has 1 rings (SSSR count). The number of esters is 1. The van der Waals surface area contributed by atoms with E-state index in [1.165, 1.54) is 12.7 Å². The van der Waals surface area contributed by atoms with Crippen LogP contribution in [0.15, 0.2) is 30.3 Å². The van der Waals surface area contributed by atoms with Crippen molar-refractivity contribution in [3.63, 3.8) is 0 Å². The minimum Gasteiger partial charge on any atom is -0.464 e. The number of rotatable bonds is 6. The monoisotopic (exact) mass is 222 g/mol. The average molecular weight is 222 g/mol. The Balaban J connectivity index is 2.43. The van der Waals surface area contributed by atoms with Crippen LogP contribution in [0.2, 0.25) is 0 Å². The second-order valence-corrected chi connectivity index (χ2v) is 3.50. The van der Waals surface area contributed by atoms with Crippen molar-refractivity contribution >= 4 is 5.97 Å². The summed E-state index contributed by atoms with van der Waals surface area (Å²) >= 11 is 0. The summed E-state index contributed by atoms with van der Waals surface area (Å²) in [6.45, 7) is 2.19. The van der Waals surface area contributed by atoms with Crippen LogP contribution in [-0.2, 0) is 20.7 Å². The lowest BCUT2D eigenvalue weighted by atomic mass is 10.1. The van der Waals surface area contributed by atoms with Crippen molar-refractivity contribution in [2.45, 2.75) is 25.9 Å². The first-order valence-electron chi connectivity index (χ1n) is 5.51. The predicted molar refractivity (Wildman–Crippen MR) is 62.2 cm³/mol. The molecule has 16 heavy (non-hydrogen) atoms. The lowest BCUT2D eigenvalue weighted by Gasteiger charge is -2.13. The zero-order chi connectivity index (χ0) is 11.8. The number of benzene rings is 1. The Labute approximate surface area is 96.4 Å². The Kier molecular flexibility index (Phi) is 5.57. The molecule has 1 aromatic rings. The predicted octanol–water partition coefficient (Wildman–Crippen LogP) is 2.20. The van der Waals surface area contributed by atoms with Crippen molar-refractivity contribution in [3.05, 3.63) is 35.9 Å². The minimum atomic E-state index is -0.458. The molecule has 0 saturated carbocycles. The van der Waals surface area contributed by atoms with Gasteiger partial charge in [-0.05, 0) is 25.3 Å². The van der Waals surface area contributed by atoms with Gasteiger partial charge in [0.25, 0.3) is 0 Å². The first kappa shape index (κ1) is 12.7. The van der Waals surface area contributed by atoms with E-state index in [9.17, 15) is 4.79 Å². The second kappa shape index (κ2) is 7.01. The van der Waals surface area contributed by atoms with Gasteiger partial charge in [-0.25, -0.2) is 4.79 Å². The number of carbonyl (C=O) groups is 1. The lowest BCUT2D eigenvalue weighted by molar-refractivity contribution is -0.155. The summed E-state index contributed by atoms with van der Waals surface area (Å²) in [4.78, 5) is 11.4. The van der Waals surface area contributed by atoms with E-state index >= 15 is 0 Å². The van der Waals surface area contributed by atoms with E-state index in [-0.39, 0.29) is 5.97 Å². The van der Waals surface area contributed by atoms with Crippen LogP contribution in [0.4, 0.5) is 0 Å². The maximum absolute atomic E-state index is 11.4. The first-order valence-corrected chi connectivity index (χ1v) is 5.51. The highest BCUT2D eigenvalue weighted by Crippen LogP contribution is 2.08. The molecule has 3 nitrogen and oxygen atoms in total. The minimum absolute atomic E-state index is 0.277. The Morgan fingerprint density at radius 3 is 2.56 bits per heavy atom. The molecule has 0 aliphatic heterocycles. The zero-order valence-electron chi connectivity index (χ0n) is 9.81. The van der Waals surface area contributed by atoms with Crippen LogP contribution in [0, 0.1) is 0 Å². The van der Waals surface area contributed by atoms with Crippen molar-refractivity contribution in [1.82, 2.24) is 0 Å². The van der Waals surface area contributed by atoms with E-state index < -0.39 is 6.10 Å². The van der Waals surface area contributed by atoms with Gasteiger partial charge in [-0.2, -0.15) is 0 Å². The topological polar surface area (TPSA) is 35.5 Å². The summed E-state index contributed by atoms with van der Waals surface area (Å²) in [5, 5.41) is 0. The van der Waals surface area contributed by atoms with Gasteiger partial charge in [-0.1, -0.05) is 30.3 Å². The van der Waals surface area contributed by atoms with Crippen molar-refractivity contribution in [3.8, 4) is 0 Å². The molecular formula is C13H18O3. The summed E-state index contributed by atoms with van der Waals surface area (Å²) in [6, 6.07) is 10.0. The smallest absolute Gasteiger partial charge is 0.335 e. The fourth-order valence-electron chi connectivity index (χ4n) is 1.51. The fraction of sp³-hybridized carbons (Fsp3) is 0.462. The summed E-state index contributed by atoms with van der Waals surface area (Å²) in [7, 11) is 1.53. The molecule has 0 radical (unpaired) electrons. The molecule has 0 amide bonds. The van der Waals surface area contributed by atoms with Crippen molar-refractivity contribution in [2.24, 2.45) is 0 Å². The number of hydrogen-bond donors (Lipinski definition) is 0. The van der Waals surface area contributed by atoms with Crippen molar-refractivity contribution in [2.75, 3.05) is 13.7 Å². The Bertz CT molecular complexity index is 308. The molecule has 1 aromatic carbocycles. The summed E-state index contributed by atoms with van der Waals surface area (Å²) in [5.74, 6) is -0.277. The third-order valence-electron chi connectivity index (χ3n) is 2.37. The van der Waals surface area contributed by atoms with Crippen LogP contribution in [0.3, 0.4) is 0 Å². The molecule has 88 valence electrons. The van der Waals surface area contributed by atoms with Crippen molar-refractivity contribution in [1.29, 1.82) is 0 Å². The van der Waals surface area contributed by atoms with Gasteiger partial charge in [0, 0.05) is 7.11 Å². The highest BCUT2D eigenvalue weighted by atomic mass is 16.6. The lowest BCUT2D eigenvalue weighted by Crippen LogP contribution is -2.26. The van der Waals surface area contributed by atoms with Crippen LogP contribution in [-0.4, -0.2) is 25.8 Å². The summed E-state index contributed by atoms with van der Waals surface area (Å²) < 4.78 is 10.0. The molecule has 0 aliphatic carbocycles. The fourth-order valence-corrected chi connectivity index (χ4v) is 1.51. The Hall–Kier alpha value is -1.35. The Morgan fingerprint density at radius 2 is 2.00 bits per heavy atom. The molecule has 0 heterocycles. The molecule has 0 N–H and O–H groups in total. The standard InChI is InChI=1S/C13H18O3/c1-3-16-13(14)12(15-2)10-9-11-7-5-4-6-8-11/h4-8,12H,3,9-10H2,1-2H3/t12-/m1/s1. The SMILES string of the molecule is CCOC(=O)[C@@H](CCc1ccccc1)OC. The largest absolute Gasteiger partial charge is 0.464 e. The van der Waals surface area contributed by atoms with E-state index in [1.807, 2.05) is 30.3 Å².